The Balaban J connectivity index is 1.59. The number of carbonyl (C=O) groups is 3. The minimum Gasteiger partial charge on any atom is -0.454 e. The lowest BCUT2D eigenvalue weighted by Gasteiger charge is -2.23. The van der Waals surface area contributed by atoms with E-state index >= 15 is 0 Å². The number of ether oxygens (including phenoxy) is 1. The van der Waals surface area contributed by atoms with Crippen LogP contribution in [-0.4, -0.2) is 36.5 Å². The molecule has 0 heterocycles. The number of rotatable bonds is 8. The summed E-state index contributed by atoms with van der Waals surface area (Å²) in [4.78, 5) is 37.4. The highest BCUT2D eigenvalue weighted by Gasteiger charge is 2.25. The molecule has 1 aliphatic carbocycles. The monoisotopic (exact) mass is 408 g/mol. The van der Waals surface area contributed by atoms with Gasteiger partial charge in [-0.3, -0.25) is 9.59 Å². The molecule has 1 saturated carbocycles. The molecule has 0 spiro atoms. The second-order valence-electron chi connectivity index (χ2n) is 7.59. The molecule has 0 radical (unpaired) electrons. The van der Waals surface area contributed by atoms with E-state index < -0.39 is 12.0 Å². The van der Waals surface area contributed by atoms with Crippen LogP contribution in [0.1, 0.15) is 48.0 Å². The number of hydrogen-bond acceptors (Lipinski definition) is 4. The maximum absolute atomic E-state index is 12.7. The molecule has 30 heavy (non-hydrogen) atoms. The van der Waals surface area contributed by atoms with Gasteiger partial charge in [-0.2, -0.15) is 0 Å². The van der Waals surface area contributed by atoms with Crippen LogP contribution in [0.25, 0.3) is 0 Å². The summed E-state index contributed by atoms with van der Waals surface area (Å²) in [5, 5.41) is 5.67. The molecular formula is C24H28N2O4. The first-order valence-electron chi connectivity index (χ1n) is 10.5. The van der Waals surface area contributed by atoms with Crippen molar-refractivity contribution in [3.8, 4) is 0 Å². The molecule has 1 atom stereocenters. The van der Waals surface area contributed by atoms with Crippen molar-refractivity contribution in [1.82, 2.24) is 10.6 Å². The highest BCUT2D eigenvalue weighted by atomic mass is 16.5. The van der Waals surface area contributed by atoms with Gasteiger partial charge in [0.2, 0.25) is 0 Å². The van der Waals surface area contributed by atoms with Crippen LogP contribution in [0.5, 0.6) is 0 Å². The van der Waals surface area contributed by atoms with E-state index in [0.29, 0.717) is 5.56 Å². The Kier molecular flexibility index (Phi) is 8.01. The number of amides is 2. The van der Waals surface area contributed by atoms with Crippen LogP contribution in [0.3, 0.4) is 0 Å². The standard InChI is InChI=1S/C24H28N2O4/c27-22(25-20-14-8-3-9-15-20)17-30-24(29)21(16-18-10-4-1-5-11-18)26-23(28)19-12-6-2-7-13-19/h1-2,4-7,10-13,20-21H,3,8-9,14-17H2,(H,25,27)(H,26,28)/t21-/m0/s1. The van der Waals surface area contributed by atoms with Gasteiger partial charge in [0.15, 0.2) is 6.61 Å². The molecule has 0 bridgehead atoms. The molecule has 1 fully saturated rings. The van der Waals surface area contributed by atoms with Gasteiger partial charge >= 0.3 is 5.97 Å². The number of esters is 1. The molecule has 0 aromatic heterocycles. The van der Waals surface area contributed by atoms with Gasteiger partial charge in [0.05, 0.1) is 0 Å². The lowest BCUT2D eigenvalue weighted by atomic mass is 9.95. The zero-order valence-electron chi connectivity index (χ0n) is 17.0. The van der Waals surface area contributed by atoms with Crippen LogP contribution in [-0.2, 0) is 20.7 Å². The van der Waals surface area contributed by atoms with E-state index in [4.69, 9.17) is 4.74 Å². The lowest BCUT2D eigenvalue weighted by Crippen LogP contribution is -2.45. The molecule has 2 amide bonds. The summed E-state index contributed by atoms with van der Waals surface area (Å²) in [5.74, 6) is -1.29. The predicted octanol–water partition coefficient (Wildman–Crippen LogP) is 3.02. The first-order chi connectivity index (χ1) is 14.6. The fourth-order valence-corrected chi connectivity index (χ4v) is 3.63. The molecule has 6 nitrogen and oxygen atoms in total. The largest absolute Gasteiger partial charge is 0.454 e. The Bertz CT molecular complexity index is 833. The molecular weight excluding hydrogens is 380 g/mol. The van der Waals surface area contributed by atoms with Gasteiger partial charge in [0.1, 0.15) is 6.04 Å². The normalized spacial score (nSPS) is 15.1. The second-order valence-corrected chi connectivity index (χ2v) is 7.59. The van der Waals surface area contributed by atoms with Crippen molar-refractivity contribution in [3.05, 3.63) is 71.8 Å². The minimum absolute atomic E-state index is 0.155. The van der Waals surface area contributed by atoms with Crippen molar-refractivity contribution in [2.75, 3.05) is 6.61 Å². The van der Waals surface area contributed by atoms with Crippen LogP contribution >= 0.6 is 0 Å². The van der Waals surface area contributed by atoms with E-state index in [-0.39, 0.29) is 30.9 Å². The first kappa shape index (κ1) is 21.6. The van der Waals surface area contributed by atoms with E-state index in [2.05, 4.69) is 10.6 Å². The first-order valence-corrected chi connectivity index (χ1v) is 10.5. The molecule has 3 rings (SSSR count). The topological polar surface area (TPSA) is 84.5 Å². The number of hydrogen-bond donors (Lipinski definition) is 2. The zero-order chi connectivity index (χ0) is 21.2. The quantitative estimate of drug-likeness (QED) is 0.658. The molecule has 2 aromatic carbocycles. The van der Waals surface area contributed by atoms with Gasteiger partial charge in [-0.15, -0.1) is 0 Å². The van der Waals surface area contributed by atoms with Gasteiger partial charge in [-0.25, -0.2) is 4.79 Å². The Morgan fingerprint density at radius 1 is 0.900 bits per heavy atom. The summed E-state index contributed by atoms with van der Waals surface area (Å²) in [6.07, 6.45) is 5.61. The van der Waals surface area contributed by atoms with Crippen molar-refractivity contribution in [1.29, 1.82) is 0 Å². The maximum atomic E-state index is 12.7. The van der Waals surface area contributed by atoms with Crippen LogP contribution in [0.15, 0.2) is 60.7 Å². The second kappa shape index (κ2) is 11.1. The Hall–Kier alpha value is -3.15. The number of benzene rings is 2. The summed E-state index contributed by atoms with van der Waals surface area (Å²) >= 11 is 0. The van der Waals surface area contributed by atoms with Gasteiger partial charge in [0.25, 0.3) is 11.8 Å². The van der Waals surface area contributed by atoms with Gasteiger partial charge in [-0.05, 0) is 30.5 Å². The van der Waals surface area contributed by atoms with Crippen LogP contribution in [0.2, 0.25) is 0 Å². The summed E-state index contributed by atoms with van der Waals surface area (Å²) in [7, 11) is 0. The molecule has 0 saturated heterocycles. The summed E-state index contributed by atoms with van der Waals surface area (Å²) in [6, 6.07) is 17.3. The average Bonchev–Trinajstić information content (AvgIpc) is 2.79. The lowest BCUT2D eigenvalue weighted by molar-refractivity contribution is -0.150. The highest BCUT2D eigenvalue weighted by Crippen LogP contribution is 2.17. The Morgan fingerprint density at radius 2 is 1.53 bits per heavy atom. The smallest absolute Gasteiger partial charge is 0.329 e. The fourth-order valence-electron chi connectivity index (χ4n) is 3.63. The SMILES string of the molecule is O=C(COC(=O)[C@H](Cc1ccccc1)NC(=O)c1ccccc1)NC1CCCCC1. The maximum Gasteiger partial charge on any atom is 0.329 e. The molecule has 1 aliphatic rings. The third kappa shape index (κ3) is 6.72. The highest BCUT2D eigenvalue weighted by molar-refractivity contribution is 5.97. The van der Waals surface area contributed by atoms with E-state index in [9.17, 15) is 14.4 Å². The van der Waals surface area contributed by atoms with Gasteiger partial charge < -0.3 is 15.4 Å². The van der Waals surface area contributed by atoms with Crippen molar-refractivity contribution >= 4 is 17.8 Å². The van der Waals surface area contributed by atoms with E-state index in [1.165, 1.54) is 6.42 Å². The predicted molar refractivity (Wildman–Crippen MR) is 114 cm³/mol. The number of carbonyl (C=O) groups excluding carboxylic acids is 3. The zero-order valence-corrected chi connectivity index (χ0v) is 17.0. The van der Waals surface area contributed by atoms with Crippen molar-refractivity contribution in [2.45, 2.75) is 50.6 Å². The number of nitrogens with one attached hydrogen (secondary N) is 2. The van der Waals surface area contributed by atoms with Crippen molar-refractivity contribution < 1.29 is 19.1 Å². The van der Waals surface area contributed by atoms with E-state index in [0.717, 1.165) is 31.2 Å². The minimum atomic E-state index is -0.886. The van der Waals surface area contributed by atoms with Crippen LogP contribution in [0, 0.1) is 0 Å². The van der Waals surface area contributed by atoms with Crippen LogP contribution < -0.4 is 10.6 Å². The fraction of sp³-hybridized carbons (Fsp3) is 0.375. The van der Waals surface area contributed by atoms with Crippen molar-refractivity contribution in [3.63, 3.8) is 0 Å². The average molecular weight is 408 g/mol. The summed E-state index contributed by atoms with van der Waals surface area (Å²) in [6.45, 7) is -0.345. The molecule has 2 aromatic rings. The van der Waals surface area contributed by atoms with E-state index in [1.54, 1.807) is 24.3 Å². The van der Waals surface area contributed by atoms with Crippen molar-refractivity contribution in [2.24, 2.45) is 0 Å². The molecule has 0 unspecified atom stereocenters. The molecule has 158 valence electrons. The Labute approximate surface area is 177 Å². The third-order valence-electron chi connectivity index (χ3n) is 5.22. The van der Waals surface area contributed by atoms with E-state index in [1.807, 2.05) is 36.4 Å². The Morgan fingerprint density at radius 3 is 2.20 bits per heavy atom. The molecule has 0 aliphatic heterocycles. The van der Waals surface area contributed by atoms with Gasteiger partial charge in [-0.1, -0.05) is 67.8 Å². The molecule has 6 heteroatoms. The third-order valence-corrected chi connectivity index (χ3v) is 5.22. The molecule has 2 N–H and O–H groups in total. The summed E-state index contributed by atoms with van der Waals surface area (Å²) in [5.41, 5.74) is 1.35. The summed E-state index contributed by atoms with van der Waals surface area (Å²) < 4.78 is 5.25. The van der Waals surface area contributed by atoms with Gasteiger partial charge in [0, 0.05) is 18.0 Å². The van der Waals surface area contributed by atoms with Crippen LogP contribution in [0.4, 0.5) is 0 Å².